The molecule has 148 valence electrons. The first-order chi connectivity index (χ1) is 12.2. The number of carbonyl (C=O) groups is 1. The van der Waals surface area contributed by atoms with Crippen LogP contribution in [0.3, 0.4) is 0 Å². The largest absolute Gasteiger partial charge is 0.491 e. The van der Waals surface area contributed by atoms with Crippen LogP contribution >= 0.6 is 11.8 Å². The Bertz CT molecular complexity index is 750. The quantitative estimate of drug-likeness (QED) is 0.769. The van der Waals surface area contributed by atoms with Crippen LogP contribution in [0, 0.1) is 0 Å². The molecule has 1 aromatic heterocycles. The van der Waals surface area contributed by atoms with Crippen molar-refractivity contribution >= 4 is 35.9 Å². The van der Waals surface area contributed by atoms with Gasteiger partial charge < -0.3 is 15.0 Å². The number of thioether (sulfide) groups is 1. The Morgan fingerprint density at radius 3 is 2.33 bits per heavy atom. The van der Waals surface area contributed by atoms with Gasteiger partial charge in [0.1, 0.15) is 5.82 Å². The number of hydrogen-bond acceptors (Lipinski definition) is 6. The SMILES string of the molecule is CC(=O)SCC(=Cc1cnc(N)c(C(F)(F)F)c1)B1OC(C)(C)C(C)(C)O1. The van der Waals surface area contributed by atoms with Gasteiger partial charge in [-0.25, -0.2) is 4.98 Å². The molecule has 0 atom stereocenters. The molecule has 0 saturated carbocycles. The van der Waals surface area contributed by atoms with E-state index in [-0.39, 0.29) is 16.4 Å². The topological polar surface area (TPSA) is 74.4 Å². The molecule has 0 radical (unpaired) electrons. The average molecular weight is 402 g/mol. The lowest BCUT2D eigenvalue weighted by Gasteiger charge is -2.32. The van der Waals surface area contributed by atoms with Gasteiger partial charge >= 0.3 is 13.3 Å². The number of hydrogen-bond donors (Lipinski definition) is 1. The molecule has 2 N–H and O–H groups in total. The summed E-state index contributed by atoms with van der Waals surface area (Å²) in [7, 11) is -0.784. The number of carbonyl (C=O) groups excluding carboxylic acids is 1. The number of pyridine rings is 1. The summed E-state index contributed by atoms with van der Waals surface area (Å²) in [5, 5.41) is -0.121. The van der Waals surface area contributed by atoms with E-state index < -0.39 is 35.9 Å². The average Bonchev–Trinajstić information content (AvgIpc) is 2.72. The molecule has 0 unspecified atom stereocenters. The summed E-state index contributed by atoms with van der Waals surface area (Å²) in [6, 6.07) is 0.923. The zero-order valence-corrected chi connectivity index (χ0v) is 16.6. The summed E-state index contributed by atoms with van der Waals surface area (Å²) in [6.07, 6.45) is -1.87. The smallest absolute Gasteiger partial charge is 0.400 e. The van der Waals surface area contributed by atoms with Crippen molar-refractivity contribution in [2.45, 2.75) is 52.0 Å². The molecular weight excluding hydrogens is 380 g/mol. The molecule has 1 aliphatic heterocycles. The summed E-state index contributed by atoms with van der Waals surface area (Å²) in [5.74, 6) is -0.368. The van der Waals surface area contributed by atoms with E-state index in [0.717, 1.165) is 17.8 Å². The molecular formula is C17H22BF3N2O3S. The second kappa shape index (κ2) is 7.48. The summed E-state index contributed by atoms with van der Waals surface area (Å²) < 4.78 is 51.2. The van der Waals surface area contributed by atoms with E-state index in [1.54, 1.807) is 0 Å². The fourth-order valence-electron chi connectivity index (χ4n) is 2.37. The highest BCUT2D eigenvalue weighted by Gasteiger charge is 2.52. The van der Waals surface area contributed by atoms with Gasteiger partial charge in [-0.2, -0.15) is 13.2 Å². The molecule has 1 aliphatic rings. The van der Waals surface area contributed by atoms with Gasteiger partial charge in [-0.1, -0.05) is 17.8 Å². The third-order valence-corrected chi connectivity index (χ3v) is 5.48. The summed E-state index contributed by atoms with van der Waals surface area (Å²) >= 11 is 1.02. The number of halogens is 3. The van der Waals surface area contributed by atoms with Crippen molar-refractivity contribution in [3.8, 4) is 0 Å². The van der Waals surface area contributed by atoms with Crippen LogP contribution in [0.5, 0.6) is 0 Å². The lowest BCUT2D eigenvalue weighted by molar-refractivity contribution is -0.137. The number of nitrogens with zero attached hydrogens (tertiary/aromatic N) is 1. The maximum atomic E-state index is 13.1. The van der Waals surface area contributed by atoms with E-state index in [0.29, 0.717) is 5.47 Å². The van der Waals surface area contributed by atoms with E-state index >= 15 is 0 Å². The predicted octanol–water partition coefficient (Wildman–Crippen LogP) is 3.98. The van der Waals surface area contributed by atoms with Crippen LogP contribution in [0.4, 0.5) is 19.0 Å². The fraction of sp³-hybridized carbons (Fsp3) is 0.529. The molecule has 0 bridgehead atoms. The van der Waals surface area contributed by atoms with E-state index in [1.807, 2.05) is 27.7 Å². The van der Waals surface area contributed by atoms with E-state index in [4.69, 9.17) is 15.0 Å². The lowest BCUT2D eigenvalue weighted by atomic mass is 9.78. The number of aromatic nitrogens is 1. The zero-order valence-electron chi connectivity index (χ0n) is 15.8. The molecule has 1 fully saturated rings. The molecule has 1 aromatic rings. The molecule has 0 amide bonds. The van der Waals surface area contributed by atoms with Crippen LogP contribution in [-0.2, 0) is 20.3 Å². The van der Waals surface area contributed by atoms with Gasteiger partial charge in [0.2, 0.25) is 0 Å². The first kappa shape index (κ1) is 21.8. The molecule has 27 heavy (non-hydrogen) atoms. The van der Waals surface area contributed by atoms with Gasteiger partial charge in [0.05, 0.1) is 16.8 Å². The molecule has 5 nitrogen and oxygen atoms in total. The molecule has 0 aliphatic carbocycles. The minimum absolute atomic E-state index is 0.121. The van der Waals surface area contributed by atoms with Crippen molar-refractivity contribution in [2.75, 3.05) is 11.5 Å². The highest BCUT2D eigenvalue weighted by atomic mass is 32.2. The van der Waals surface area contributed by atoms with Crippen LogP contribution in [0.1, 0.15) is 45.7 Å². The minimum Gasteiger partial charge on any atom is -0.400 e. The second-order valence-electron chi connectivity index (χ2n) is 7.29. The Labute approximate surface area is 161 Å². The standard InChI is InChI=1S/C17H22BF3N2O3S/c1-10(24)27-9-12(18-25-15(2,3)16(4,5)26-18)6-11-7-13(17(19,20)21)14(22)23-8-11/h6-8H,9H2,1-5H3,(H2,22,23). The van der Waals surface area contributed by atoms with Crippen molar-refractivity contribution < 1.29 is 27.3 Å². The van der Waals surface area contributed by atoms with Gasteiger partial charge in [0.15, 0.2) is 5.12 Å². The van der Waals surface area contributed by atoms with E-state index in [9.17, 15) is 18.0 Å². The monoisotopic (exact) mass is 402 g/mol. The third kappa shape index (κ3) is 5.06. The minimum atomic E-state index is -4.61. The third-order valence-electron chi connectivity index (χ3n) is 4.60. The van der Waals surface area contributed by atoms with Crippen LogP contribution in [0.15, 0.2) is 17.7 Å². The summed E-state index contributed by atoms with van der Waals surface area (Å²) in [6.45, 7) is 8.90. The number of anilines is 1. The van der Waals surface area contributed by atoms with Gasteiger partial charge in [-0.3, -0.25) is 4.79 Å². The van der Waals surface area contributed by atoms with Crippen molar-refractivity contribution in [3.63, 3.8) is 0 Å². The molecule has 1 saturated heterocycles. The maximum Gasteiger partial charge on any atom is 0.491 e. The van der Waals surface area contributed by atoms with E-state index in [1.165, 1.54) is 19.2 Å². The Balaban J connectivity index is 2.42. The first-order valence-corrected chi connectivity index (χ1v) is 9.24. The van der Waals surface area contributed by atoms with Crippen LogP contribution < -0.4 is 5.73 Å². The Kier molecular flexibility index (Phi) is 6.04. The van der Waals surface area contributed by atoms with Crippen LogP contribution in [0.25, 0.3) is 6.08 Å². The molecule has 10 heteroatoms. The Hall–Kier alpha value is -1.52. The highest BCUT2D eigenvalue weighted by molar-refractivity contribution is 8.13. The lowest BCUT2D eigenvalue weighted by Crippen LogP contribution is -2.41. The second-order valence-corrected chi connectivity index (χ2v) is 8.44. The predicted molar refractivity (Wildman–Crippen MR) is 101 cm³/mol. The number of alkyl halides is 3. The van der Waals surface area contributed by atoms with Crippen molar-refractivity contribution in [1.29, 1.82) is 0 Å². The fourth-order valence-corrected chi connectivity index (χ4v) is 2.96. The van der Waals surface area contributed by atoms with Gasteiger partial charge in [-0.15, -0.1) is 0 Å². The first-order valence-electron chi connectivity index (χ1n) is 8.25. The van der Waals surface area contributed by atoms with E-state index in [2.05, 4.69) is 4.98 Å². The van der Waals surface area contributed by atoms with Crippen LogP contribution in [0.2, 0.25) is 0 Å². The number of rotatable bonds is 4. The van der Waals surface area contributed by atoms with Crippen molar-refractivity contribution in [1.82, 2.24) is 4.98 Å². The van der Waals surface area contributed by atoms with Crippen molar-refractivity contribution in [2.24, 2.45) is 0 Å². The van der Waals surface area contributed by atoms with Gasteiger partial charge in [-0.05, 0) is 44.8 Å². The number of nitrogens with two attached hydrogens (primary N) is 1. The summed E-state index contributed by atoms with van der Waals surface area (Å²) in [4.78, 5) is 15.0. The normalized spacial score (nSPS) is 19.4. The summed E-state index contributed by atoms with van der Waals surface area (Å²) in [5.41, 5.74) is 3.84. The Morgan fingerprint density at radius 1 is 1.30 bits per heavy atom. The maximum absolute atomic E-state index is 13.1. The molecule has 2 heterocycles. The molecule has 0 spiro atoms. The van der Waals surface area contributed by atoms with Gasteiger partial charge in [0, 0.05) is 18.9 Å². The Morgan fingerprint density at radius 2 is 1.85 bits per heavy atom. The molecule has 2 rings (SSSR count). The van der Waals surface area contributed by atoms with Crippen molar-refractivity contribution in [3.05, 3.63) is 28.9 Å². The zero-order chi connectivity index (χ0) is 20.6. The van der Waals surface area contributed by atoms with Gasteiger partial charge in [0.25, 0.3) is 0 Å². The molecule has 0 aromatic carbocycles. The van der Waals surface area contributed by atoms with Crippen LogP contribution in [-0.4, -0.2) is 34.2 Å². The number of nitrogen functional groups attached to an aromatic ring is 1. The highest BCUT2D eigenvalue weighted by Crippen LogP contribution is 2.40.